The van der Waals surface area contributed by atoms with E-state index < -0.39 is 0 Å². The molecule has 1 aliphatic heterocycles. The molecular formula is C24H26N4. The van der Waals surface area contributed by atoms with E-state index in [0.717, 1.165) is 22.6 Å². The Bertz CT molecular complexity index is 1080. The topological polar surface area (TPSA) is 48.5 Å². The van der Waals surface area contributed by atoms with Gasteiger partial charge in [-0.3, -0.25) is 10.9 Å². The second kappa shape index (κ2) is 7.04. The van der Waals surface area contributed by atoms with Crippen LogP contribution in [0.25, 0.3) is 11.1 Å². The molecule has 3 N–H and O–H groups in total. The van der Waals surface area contributed by atoms with E-state index in [1.54, 1.807) is 0 Å². The van der Waals surface area contributed by atoms with Crippen LogP contribution in [0.3, 0.4) is 0 Å². The molecule has 0 radical (unpaired) electrons. The number of hydrazine groups is 1. The molecule has 0 unspecified atom stereocenters. The van der Waals surface area contributed by atoms with Crippen LogP contribution in [0.1, 0.15) is 27.8 Å². The smallest absolute Gasteiger partial charge is 0.220 e. The van der Waals surface area contributed by atoms with Crippen molar-refractivity contribution in [2.75, 3.05) is 10.7 Å². The Kier molecular flexibility index (Phi) is 4.55. The van der Waals surface area contributed by atoms with Crippen molar-refractivity contribution in [3.05, 3.63) is 76.3 Å². The first-order valence-corrected chi connectivity index (χ1v) is 9.58. The summed E-state index contributed by atoms with van der Waals surface area (Å²) in [6, 6.07) is 17.2. The van der Waals surface area contributed by atoms with Crippen LogP contribution in [0.2, 0.25) is 0 Å². The summed E-state index contributed by atoms with van der Waals surface area (Å²) >= 11 is 0. The van der Waals surface area contributed by atoms with Crippen molar-refractivity contribution in [2.24, 2.45) is 4.99 Å². The highest BCUT2D eigenvalue weighted by molar-refractivity contribution is 6.00. The number of guanidine groups is 1. The highest BCUT2D eigenvalue weighted by Crippen LogP contribution is 2.37. The van der Waals surface area contributed by atoms with Gasteiger partial charge in [-0.05, 0) is 86.2 Å². The highest BCUT2D eigenvalue weighted by atomic mass is 15.5. The second-order valence-electron chi connectivity index (χ2n) is 7.61. The summed E-state index contributed by atoms with van der Waals surface area (Å²) < 4.78 is 0. The summed E-state index contributed by atoms with van der Waals surface area (Å²) in [5.41, 5.74) is 18.1. The average molecular weight is 371 g/mol. The summed E-state index contributed by atoms with van der Waals surface area (Å²) in [5.74, 6) is 0.697. The molecule has 4 nitrogen and oxygen atoms in total. The molecule has 4 rings (SSSR count). The van der Waals surface area contributed by atoms with Gasteiger partial charge in [0.25, 0.3) is 0 Å². The Morgan fingerprint density at radius 1 is 0.750 bits per heavy atom. The minimum Gasteiger partial charge on any atom is -0.324 e. The number of rotatable bonds is 2. The van der Waals surface area contributed by atoms with E-state index in [4.69, 9.17) is 4.99 Å². The number of hydrogen-bond donors (Lipinski definition) is 3. The Morgan fingerprint density at radius 2 is 1.50 bits per heavy atom. The van der Waals surface area contributed by atoms with Crippen LogP contribution in [0.4, 0.5) is 17.1 Å². The maximum atomic E-state index is 4.82. The van der Waals surface area contributed by atoms with Gasteiger partial charge < -0.3 is 5.32 Å². The molecule has 4 heteroatoms. The molecule has 28 heavy (non-hydrogen) atoms. The van der Waals surface area contributed by atoms with Crippen LogP contribution in [-0.4, -0.2) is 5.96 Å². The Labute approximate surface area is 166 Å². The van der Waals surface area contributed by atoms with Gasteiger partial charge in [0, 0.05) is 5.69 Å². The molecule has 0 amide bonds. The Morgan fingerprint density at radius 3 is 2.21 bits per heavy atom. The van der Waals surface area contributed by atoms with E-state index in [-0.39, 0.29) is 0 Å². The number of nitrogens with one attached hydrogen (secondary N) is 3. The van der Waals surface area contributed by atoms with E-state index >= 15 is 0 Å². The maximum absolute atomic E-state index is 4.82. The number of hydrogen-bond acceptors (Lipinski definition) is 4. The molecule has 0 fully saturated rings. The van der Waals surface area contributed by atoms with Crippen molar-refractivity contribution < 1.29 is 0 Å². The SMILES string of the molecule is Cc1ccc(NC2=Nc3c(C)cc(-c4c(C)cccc4C)cc3NN2)c(C)c1. The van der Waals surface area contributed by atoms with E-state index in [0.29, 0.717) is 5.96 Å². The van der Waals surface area contributed by atoms with Gasteiger partial charge in [-0.15, -0.1) is 0 Å². The summed E-state index contributed by atoms with van der Waals surface area (Å²) in [6.45, 7) is 10.6. The summed E-state index contributed by atoms with van der Waals surface area (Å²) in [7, 11) is 0. The fourth-order valence-corrected chi connectivity index (χ4v) is 3.84. The lowest BCUT2D eigenvalue weighted by atomic mass is 9.93. The number of nitrogens with zero attached hydrogens (tertiary/aromatic N) is 1. The Hall–Kier alpha value is -3.27. The molecule has 0 saturated heterocycles. The van der Waals surface area contributed by atoms with Crippen LogP contribution in [0.15, 0.2) is 53.5 Å². The zero-order valence-electron chi connectivity index (χ0n) is 17.1. The molecule has 0 saturated carbocycles. The molecule has 0 atom stereocenters. The summed E-state index contributed by atoms with van der Waals surface area (Å²) in [4.78, 5) is 4.82. The minimum absolute atomic E-state index is 0.697. The summed E-state index contributed by atoms with van der Waals surface area (Å²) in [5, 5.41) is 3.39. The number of aliphatic imine (C=N–C) groups is 1. The second-order valence-corrected chi connectivity index (χ2v) is 7.61. The number of benzene rings is 3. The van der Waals surface area contributed by atoms with Crippen LogP contribution in [0, 0.1) is 34.6 Å². The highest BCUT2D eigenvalue weighted by Gasteiger charge is 2.17. The molecule has 0 aromatic heterocycles. The Balaban J connectivity index is 1.70. The number of anilines is 2. The van der Waals surface area contributed by atoms with Crippen molar-refractivity contribution in [1.29, 1.82) is 0 Å². The average Bonchev–Trinajstić information content (AvgIpc) is 2.64. The first-order valence-electron chi connectivity index (χ1n) is 9.58. The fraction of sp³-hybridized carbons (Fsp3) is 0.208. The van der Waals surface area contributed by atoms with E-state index in [9.17, 15) is 0 Å². The van der Waals surface area contributed by atoms with Gasteiger partial charge >= 0.3 is 0 Å². The normalized spacial score (nSPS) is 12.5. The molecule has 3 aromatic carbocycles. The van der Waals surface area contributed by atoms with Crippen molar-refractivity contribution in [3.8, 4) is 11.1 Å². The fourth-order valence-electron chi connectivity index (χ4n) is 3.84. The van der Waals surface area contributed by atoms with Crippen LogP contribution in [-0.2, 0) is 0 Å². The van der Waals surface area contributed by atoms with Gasteiger partial charge in [0.1, 0.15) is 0 Å². The van der Waals surface area contributed by atoms with Crippen LogP contribution >= 0.6 is 0 Å². The first-order chi connectivity index (χ1) is 13.4. The van der Waals surface area contributed by atoms with Gasteiger partial charge in [0.15, 0.2) is 0 Å². The van der Waals surface area contributed by atoms with Gasteiger partial charge in [-0.1, -0.05) is 35.9 Å². The minimum atomic E-state index is 0.697. The summed E-state index contributed by atoms with van der Waals surface area (Å²) in [6.07, 6.45) is 0. The lowest BCUT2D eigenvalue weighted by molar-refractivity contribution is 1.07. The standard InChI is InChI=1S/C24H26N4/c1-14-9-10-20(17(4)11-14)25-24-26-23-18(5)12-19(13-21(23)27-28-24)22-15(2)7-6-8-16(22)3/h6-13,27H,1-5H3,(H2,25,26,28). The predicted molar refractivity (Wildman–Crippen MR) is 119 cm³/mol. The van der Waals surface area contributed by atoms with Gasteiger partial charge in [-0.25, -0.2) is 4.99 Å². The number of aryl methyl sites for hydroxylation is 5. The molecule has 0 spiro atoms. The van der Waals surface area contributed by atoms with Crippen LogP contribution < -0.4 is 16.2 Å². The van der Waals surface area contributed by atoms with Crippen molar-refractivity contribution in [2.45, 2.75) is 34.6 Å². The molecular weight excluding hydrogens is 344 g/mol. The number of fused-ring (bicyclic) bond motifs is 1. The maximum Gasteiger partial charge on any atom is 0.220 e. The van der Waals surface area contributed by atoms with E-state index in [2.05, 4.69) is 99.3 Å². The van der Waals surface area contributed by atoms with Crippen molar-refractivity contribution >= 4 is 23.0 Å². The van der Waals surface area contributed by atoms with Gasteiger partial charge in [0.05, 0.1) is 11.4 Å². The van der Waals surface area contributed by atoms with E-state index in [1.165, 1.54) is 33.4 Å². The third-order valence-corrected chi connectivity index (χ3v) is 5.24. The van der Waals surface area contributed by atoms with Crippen molar-refractivity contribution in [3.63, 3.8) is 0 Å². The largest absolute Gasteiger partial charge is 0.324 e. The molecule has 3 aromatic rings. The van der Waals surface area contributed by atoms with E-state index in [1.807, 2.05) is 0 Å². The molecule has 1 heterocycles. The molecule has 1 aliphatic rings. The van der Waals surface area contributed by atoms with Gasteiger partial charge in [-0.2, -0.15) is 0 Å². The zero-order valence-corrected chi connectivity index (χ0v) is 17.1. The molecule has 142 valence electrons. The van der Waals surface area contributed by atoms with Crippen molar-refractivity contribution in [1.82, 2.24) is 5.43 Å². The van der Waals surface area contributed by atoms with Gasteiger partial charge in [0.2, 0.25) is 5.96 Å². The molecule has 0 bridgehead atoms. The first kappa shape index (κ1) is 18.1. The third-order valence-electron chi connectivity index (χ3n) is 5.24. The molecule has 0 aliphatic carbocycles. The lowest BCUT2D eigenvalue weighted by Gasteiger charge is -2.23. The predicted octanol–water partition coefficient (Wildman–Crippen LogP) is 5.93. The van der Waals surface area contributed by atoms with Crippen LogP contribution in [0.5, 0.6) is 0 Å². The monoisotopic (exact) mass is 370 g/mol. The lowest BCUT2D eigenvalue weighted by Crippen LogP contribution is -2.37. The quantitative estimate of drug-likeness (QED) is 0.524. The zero-order chi connectivity index (χ0) is 19.8. The third kappa shape index (κ3) is 3.33.